The fourth-order valence-electron chi connectivity index (χ4n) is 1.80. The van der Waals surface area contributed by atoms with Gasteiger partial charge in [0.2, 0.25) is 0 Å². The molecule has 0 aliphatic heterocycles. The molecule has 0 spiro atoms. The third-order valence-electron chi connectivity index (χ3n) is 2.75. The number of hydrogen-bond donors (Lipinski definition) is 1. The van der Waals surface area contributed by atoms with E-state index in [1.807, 2.05) is 6.07 Å². The monoisotopic (exact) mass is 278 g/mol. The summed E-state index contributed by atoms with van der Waals surface area (Å²) in [5.41, 5.74) is -0.490. The molecule has 6 heteroatoms. The summed E-state index contributed by atoms with van der Waals surface area (Å²) in [4.78, 5) is 14.1. The van der Waals surface area contributed by atoms with E-state index in [0.29, 0.717) is 5.56 Å². The number of alkyl halides is 3. The molecule has 0 saturated heterocycles. The molecule has 0 amide bonds. The summed E-state index contributed by atoms with van der Waals surface area (Å²) in [6, 6.07) is 7.87. The third kappa shape index (κ3) is 2.88. The van der Waals surface area contributed by atoms with Crippen molar-refractivity contribution < 1.29 is 13.2 Å². The van der Waals surface area contributed by atoms with Gasteiger partial charge in [-0.25, -0.2) is 0 Å². The molecule has 20 heavy (non-hydrogen) atoms. The zero-order chi connectivity index (χ0) is 14.8. The maximum Gasteiger partial charge on any atom is 0.416 e. The average Bonchev–Trinajstić information content (AvgIpc) is 2.40. The highest BCUT2D eigenvalue weighted by Crippen LogP contribution is 2.31. The highest BCUT2D eigenvalue weighted by molar-refractivity contribution is 5.64. The topological polar surface area (TPSA) is 56.6 Å². The van der Waals surface area contributed by atoms with E-state index in [-0.39, 0.29) is 17.5 Å². The van der Waals surface area contributed by atoms with Gasteiger partial charge in [0, 0.05) is 11.8 Å². The van der Waals surface area contributed by atoms with Crippen LogP contribution in [0.15, 0.2) is 41.3 Å². The summed E-state index contributed by atoms with van der Waals surface area (Å²) in [6.45, 7) is 0. The molecule has 0 saturated carbocycles. The van der Waals surface area contributed by atoms with Crippen LogP contribution in [-0.2, 0) is 12.6 Å². The number of hydrogen-bond acceptors (Lipinski definition) is 2. The normalized spacial score (nSPS) is 11.1. The zero-order valence-corrected chi connectivity index (χ0v) is 10.2. The van der Waals surface area contributed by atoms with Crippen molar-refractivity contribution in [2.45, 2.75) is 12.6 Å². The number of rotatable bonds is 2. The van der Waals surface area contributed by atoms with Crippen LogP contribution in [0.4, 0.5) is 13.2 Å². The second-order valence-corrected chi connectivity index (χ2v) is 4.16. The van der Waals surface area contributed by atoms with Crippen molar-refractivity contribution in [3.05, 3.63) is 58.0 Å². The average molecular weight is 278 g/mol. The highest BCUT2D eigenvalue weighted by atomic mass is 19.4. The lowest BCUT2D eigenvalue weighted by atomic mass is 10.0. The Balaban J connectivity index is 2.54. The van der Waals surface area contributed by atoms with Crippen LogP contribution in [0.1, 0.15) is 11.1 Å². The van der Waals surface area contributed by atoms with Gasteiger partial charge in [-0.3, -0.25) is 4.79 Å². The summed E-state index contributed by atoms with van der Waals surface area (Å²) < 4.78 is 38.0. The van der Waals surface area contributed by atoms with Gasteiger partial charge in [-0.15, -0.1) is 0 Å². The first-order chi connectivity index (χ1) is 9.41. The summed E-state index contributed by atoms with van der Waals surface area (Å²) in [7, 11) is 0. The number of benzene rings is 1. The first-order valence-electron chi connectivity index (χ1n) is 5.68. The molecule has 2 rings (SSSR count). The van der Waals surface area contributed by atoms with Gasteiger partial charge in [-0.05, 0) is 29.3 Å². The number of aromatic amines is 1. The standard InChI is InChI=1S/C14H9F3N2O/c15-14(16,17)11-3-1-2-10(7-11)12-6-9(4-5-18)8-19-13(12)20/h1-3,6-8H,4H2,(H,19,20). The van der Waals surface area contributed by atoms with Crippen molar-refractivity contribution in [1.82, 2.24) is 4.98 Å². The summed E-state index contributed by atoms with van der Waals surface area (Å²) in [6.07, 6.45) is -3.02. The molecule has 102 valence electrons. The van der Waals surface area contributed by atoms with Gasteiger partial charge < -0.3 is 4.98 Å². The Morgan fingerprint density at radius 2 is 2.00 bits per heavy atom. The van der Waals surface area contributed by atoms with Gasteiger partial charge in [0.05, 0.1) is 18.1 Å². The minimum absolute atomic E-state index is 0.0722. The predicted molar refractivity (Wildman–Crippen MR) is 66.8 cm³/mol. The van der Waals surface area contributed by atoms with Gasteiger partial charge in [0.25, 0.3) is 5.56 Å². The molecular weight excluding hydrogens is 269 g/mol. The van der Waals surface area contributed by atoms with Gasteiger partial charge in [-0.2, -0.15) is 18.4 Å². The van der Waals surface area contributed by atoms with E-state index in [1.165, 1.54) is 24.4 Å². The quantitative estimate of drug-likeness (QED) is 0.917. The molecule has 0 unspecified atom stereocenters. The van der Waals surface area contributed by atoms with E-state index in [0.717, 1.165) is 12.1 Å². The predicted octanol–water partition coefficient (Wildman–Crippen LogP) is 3.13. The SMILES string of the molecule is N#CCc1c[nH]c(=O)c(-c2cccc(C(F)(F)F)c2)c1. The second kappa shape index (κ2) is 5.21. The van der Waals surface area contributed by atoms with Crippen LogP contribution in [0.2, 0.25) is 0 Å². The minimum atomic E-state index is -4.47. The molecular formula is C14H9F3N2O. The van der Waals surface area contributed by atoms with E-state index in [1.54, 1.807) is 0 Å². The molecule has 0 aliphatic rings. The Hall–Kier alpha value is -2.55. The maximum absolute atomic E-state index is 12.7. The molecule has 0 bridgehead atoms. The molecule has 3 nitrogen and oxygen atoms in total. The third-order valence-corrected chi connectivity index (χ3v) is 2.75. The Labute approximate surface area is 112 Å². The lowest BCUT2D eigenvalue weighted by Gasteiger charge is -2.08. The number of nitrogens with one attached hydrogen (secondary N) is 1. The minimum Gasteiger partial charge on any atom is -0.328 e. The number of pyridine rings is 1. The van der Waals surface area contributed by atoms with Crippen LogP contribution in [0, 0.1) is 11.3 Å². The Kier molecular flexibility index (Phi) is 3.61. The molecule has 0 fully saturated rings. The van der Waals surface area contributed by atoms with Crippen molar-refractivity contribution in [1.29, 1.82) is 5.26 Å². The fourth-order valence-corrected chi connectivity index (χ4v) is 1.80. The van der Waals surface area contributed by atoms with Gasteiger partial charge in [0.15, 0.2) is 0 Å². The number of halogens is 3. The van der Waals surface area contributed by atoms with E-state index in [2.05, 4.69) is 4.98 Å². The van der Waals surface area contributed by atoms with Crippen molar-refractivity contribution in [3.8, 4) is 17.2 Å². The van der Waals surface area contributed by atoms with E-state index in [4.69, 9.17) is 5.26 Å². The molecule has 0 aliphatic carbocycles. The number of nitrogens with zero attached hydrogens (tertiary/aromatic N) is 1. The zero-order valence-electron chi connectivity index (χ0n) is 10.2. The van der Waals surface area contributed by atoms with Crippen LogP contribution in [0.5, 0.6) is 0 Å². The maximum atomic E-state index is 12.7. The van der Waals surface area contributed by atoms with Crippen LogP contribution in [-0.4, -0.2) is 4.98 Å². The smallest absolute Gasteiger partial charge is 0.328 e. The molecule has 2 aromatic rings. The van der Waals surface area contributed by atoms with E-state index >= 15 is 0 Å². The molecule has 1 N–H and O–H groups in total. The molecule has 1 aromatic heterocycles. The van der Waals surface area contributed by atoms with Crippen molar-refractivity contribution in [3.63, 3.8) is 0 Å². The number of aromatic nitrogens is 1. The Morgan fingerprint density at radius 1 is 1.25 bits per heavy atom. The number of nitriles is 1. The van der Waals surface area contributed by atoms with Crippen LogP contribution in [0.25, 0.3) is 11.1 Å². The Morgan fingerprint density at radius 3 is 2.65 bits per heavy atom. The second-order valence-electron chi connectivity index (χ2n) is 4.16. The molecule has 1 heterocycles. The lowest BCUT2D eigenvalue weighted by Crippen LogP contribution is -2.10. The van der Waals surface area contributed by atoms with Gasteiger partial charge in [0.1, 0.15) is 0 Å². The molecule has 0 atom stereocenters. The van der Waals surface area contributed by atoms with Gasteiger partial charge >= 0.3 is 6.18 Å². The first-order valence-corrected chi connectivity index (χ1v) is 5.68. The van der Waals surface area contributed by atoms with Crippen molar-refractivity contribution in [2.24, 2.45) is 0 Å². The highest BCUT2D eigenvalue weighted by Gasteiger charge is 2.30. The summed E-state index contributed by atoms with van der Waals surface area (Å²) >= 11 is 0. The summed E-state index contributed by atoms with van der Waals surface area (Å²) in [5, 5.41) is 8.61. The largest absolute Gasteiger partial charge is 0.416 e. The van der Waals surface area contributed by atoms with Crippen molar-refractivity contribution >= 4 is 0 Å². The van der Waals surface area contributed by atoms with Gasteiger partial charge in [-0.1, -0.05) is 12.1 Å². The van der Waals surface area contributed by atoms with E-state index < -0.39 is 17.3 Å². The van der Waals surface area contributed by atoms with Crippen LogP contribution >= 0.6 is 0 Å². The van der Waals surface area contributed by atoms with E-state index in [9.17, 15) is 18.0 Å². The Bertz CT molecular complexity index is 726. The van der Waals surface area contributed by atoms with Crippen molar-refractivity contribution in [2.75, 3.05) is 0 Å². The summed E-state index contributed by atoms with van der Waals surface area (Å²) in [5.74, 6) is 0. The fraction of sp³-hybridized carbons (Fsp3) is 0.143. The number of H-pyrrole nitrogens is 1. The van der Waals surface area contributed by atoms with Crippen LogP contribution in [0.3, 0.4) is 0 Å². The lowest BCUT2D eigenvalue weighted by molar-refractivity contribution is -0.137. The molecule has 1 aromatic carbocycles. The molecule has 0 radical (unpaired) electrons. The van der Waals surface area contributed by atoms with Crippen LogP contribution < -0.4 is 5.56 Å². The first kappa shape index (κ1) is 13.9.